The van der Waals surface area contributed by atoms with Crippen molar-refractivity contribution in [1.29, 1.82) is 0 Å². The third-order valence-electron chi connectivity index (χ3n) is 15.2. The Bertz CT molecular complexity index is 2700. The molecule has 3 aliphatic rings. The molecule has 0 N–H and O–H groups in total. The van der Waals surface area contributed by atoms with E-state index in [-0.39, 0.29) is 53.9 Å². The quantitative estimate of drug-likeness (QED) is 0.0770. The van der Waals surface area contributed by atoms with Crippen molar-refractivity contribution in [2.45, 2.75) is 210 Å². The third kappa shape index (κ3) is 23.6. The second-order valence-electron chi connectivity index (χ2n) is 30.3. The van der Waals surface area contributed by atoms with Gasteiger partial charge in [-0.05, 0) is 221 Å². The highest BCUT2D eigenvalue weighted by Gasteiger charge is 2.42. The topological polar surface area (TPSA) is 180 Å². The zero-order valence-electron chi connectivity index (χ0n) is 55.8. The number of amides is 3. The average molecular weight is 1210 g/mol. The number of likely N-dealkylation sites (tertiary alicyclic amines) is 3. The molecule has 6 rings (SSSR count). The Morgan fingerprint density at radius 1 is 0.414 bits per heavy atom. The number of benzene rings is 3. The lowest BCUT2D eigenvalue weighted by molar-refractivity contribution is -0.163. The Morgan fingerprint density at radius 3 is 1.01 bits per heavy atom. The molecule has 0 spiro atoms. The molecule has 0 unspecified atom stereocenters. The molecule has 3 fully saturated rings. The van der Waals surface area contributed by atoms with E-state index >= 15 is 0 Å². The van der Waals surface area contributed by atoms with E-state index in [1.165, 1.54) is 0 Å². The van der Waals surface area contributed by atoms with E-state index in [4.69, 9.17) is 33.2 Å². The predicted molar refractivity (Wildman–Crippen MR) is 336 cm³/mol. The molecule has 0 aromatic heterocycles. The summed E-state index contributed by atoms with van der Waals surface area (Å²) in [5.74, 6) is -2.17. The van der Waals surface area contributed by atoms with Gasteiger partial charge in [0.1, 0.15) is 46.0 Å². The smallest absolute Gasteiger partial charge is 0.410 e. The summed E-state index contributed by atoms with van der Waals surface area (Å²) in [7, 11) is 0. The molecule has 3 saturated heterocycles. The van der Waals surface area contributed by atoms with Gasteiger partial charge >= 0.3 is 36.2 Å². The first-order chi connectivity index (χ1) is 40.2. The van der Waals surface area contributed by atoms with E-state index in [9.17, 15) is 28.8 Å². The molecule has 3 heterocycles. The number of hydrogen-bond donors (Lipinski definition) is 0. The summed E-state index contributed by atoms with van der Waals surface area (Å²) in [6.07, 6.45) is 1.99. The number of carbonyl (C=O) groups is 6. The number of esters is 3. The summed E-state index contributed by atoms with van der Waals surface area (Å²) in [6.45, 7) is 37.9. The van der Waals surface area contributed by atoms with Crippen molar-refractivity contribution in [3.05, 3.63) is 101 Å². The van der Waals surface area contributed by atoms with Crippen molar-refractivity contribution >= 4 is 36.2 Å². The van der Waals surface area contributed by atoms with Crippen LogP contribution < -0.4 is 4.74 Å². The minimum absolute atomic E-state index is 0.136. The van der Waals surface area contributed by atoms with Gasteiger partial charge in [0.25, 0.3) is 0 Å². The molecule has 3 amide bonds. The summed E-state index contributed by atoms with van der Waals surface area (Å²) in [6, 6.07) is 24.4. The Balaban J connectivity index is 1.25. The van der Waals surface area contributed by atoms with Crippen molar-refractivity contribution in [3.8, 4) is 5.75 Å². The van der Waals surface area contributed by atoms with Crippen LogP contribution in [0, 0.1) is 35.5 Å². The van der Waals surface area contributed by atoms with Crippen molar-refractivity contribution < 1.29 is 61.9 Å². The fraction of sp³-hybridized carbons (Fsp3) is 0.657. The van der Waals surface area contributed by atoms with Gasteiger partial charge in [0.2, 0.25) is 0 Å². The molecule has 87 heavy (non-hydrogen) atoms. The summed E-state index contributed by atoms with van der Waals surface area (Å²) in [5, 5.41) is 0. The molecule has 17 nitrogen and oxygen atoms in total. The van der Waals surface area contributed by atoms with Crippen molar-refractivity contribution in [2.75, 3.05) is 52.4 Å². The number of ether oxygens (including phenoxy) is 7. The van der Waals surface area contributed by atoms with Gasteiger partial charge in [-0.1, -0.05) is 60.7 Å². The maximum absolute atomic E-state index is 14.1. The summed E-state index contributed by atoms with van der Waals surface area (Å²) >= 11 is 0. The zero-order chi connectivity index (χ0) is 64.5. The molecule has 6 atom stereocenters. The normalized spacial score (nSPS) is 18.9. The van der Waals surface area contributed by atoms with E-state index in [1.807, 2.05) is 173 Å². The van der Waals surface area contributed by atoms with Crippen molar-refractivity contribution in [2.24, 2.45) is 35.5 Å². The first-order valence-electron chi connectivity index (χ1n) is 31.5. The van der Waals surface area contributed by atoms with Gasteiger partial charge < -0.3 is 47.9 Å². The Labute approximate surface area is 519 Å². The molecule has 17 heteroatoms. The van der Waals surface area contributed by atoms with Crippen LogP contribution in [0.25, 0.3) is 0 Å². The maximum atomic E-state index is 14.1. The van der Waals surface area contributed by atoms with Crippen LogP contribution in [0.3, 0.4) is 0 Å². The molecule has 0 aliphatic carbocycles. The lowest BCUT2D eigenvalue weighted by Crippen LogP contribution is -2.38. The highest BCUT2D eigenvalue weighted by atomic mass is 16.6. The van der Waals surface area contributed by atoms with Gasteiger partial charge in [0.15, 0.2) is 0 Å². The SMILES string of the molecule is CC(C)(C)OC(=O)[C@@H](Cc1cccc(CN(CCOc2cccc(C[C@H](C(=O)OC(C)(C)C)[C@H]3CCN(C(=O)OC(C)(C)C)C3)c2)Cc2cccc(C[C@H](C(=O)OC(C)(C)C)[C@H]3CCN(C(=O)OC(C)(C)C)C3)c2)c1)[C@H]1CCN(C(=O)OC(C)(C)C)C1. The standard InChI is InChI=1S/C70H104N4O13/c1-65(2,3)82-59(75)56(52-28-31-72(44-52)62(78)85-68(10,11)12)39-47-22-19-25-50(36-47)42-71(43-51-26-20-23-48(37-51)40-57(60(76)83-66(4,5)6)53-29-32-73(45-53)63(79)86-69(13,14)15)34-35-81-55-27-21-24-49(38-55)41-58(61(77)84-67(7,8)9)54-30-33-74(46-54)64(80)87-70(16,17)18/h19-27,36-38,52-54,56-58H,28-35,39-46H2,1-18H3/t52-,53-,54-,56-,57-,58-/m0/s1. The van der Waals surface area contributed by atoms with Crippen LogP contribution in [0.5, 0.6) is 5.75 Å². The zero-order valence-corrected chi connectivity index (χ0v) is 55.8. The lowest BCUT2D eigenvalue weighted by atomic mass is 9.85. The summed E-state index contributed by atoms with van der Waals surface area (Å²) in [5.41, 5.74) is 0.854. The van der Waals surface area contributed by atoms with Gasteiger partial charge in [-0.2, -0.15) is 0 Å². The highest BCUT2D eigenvalue weighted by Crippen LogP contribution is 2.35. The molecular formula is C70H104N4O13. The van der Waals surface area contributed by atoms with Crippen LogP contribution >= 0.6 is 0 Å². The minimum Gasteiger partial charge on any atom is -0.492 e. The average Bonchev–Trinajstić information content (AvgIpc) is 3.91. The molecule has 482 valence electrons. The Morgan fingerprint density at radius 2 is 0.701 bits per heavy atom. The molecule has 0 saturated carbocycles. The van der Waals surface area contributed by atoms with E-state index in [2.05, 4.69) is 29.2 Å². The fourth-order valence-electron chi connectivity index (χ4n) is 11.5. The third-order valence-corrected chi connectivity index (χ3v) is 15.2. The maximum Gasteiger partial charge on any atom is 0.410 e. The molecule has 3 aromatic carbocycles. The van der Waals surface area contributed by atoms with Crippen LogP contribution in [0.15, 0.2) is 72.8 Å². The molecular weight excluding hydrogens is 1100 g/mol. The van der Waals surface area contributed by atoms with E-state index in [1.54, 1.807) is 14.7 Å². The molecule has 3 aliphatic heterocycles. The van der Waals surface area contributed by atoms with Crippen molar-refractivity contribution in [1.82, 2.24) is 19.6 Å². The first kappa shape index (κ1) is 69.7. The molecule has 3 aromatic rings. The second-order valence-corrected chi connectivity index (χ2v) is 30.3. The Kier molecular flexibility index (Phi) is 23.1. The van der Waals surface area contributed by atoms with Crippen LogP contribution in [0.1, 0.15) is 172 Å². The highest BCUT2D eigenvalue weighted by molar-refractivity contribution is 5.76. The lowest BCUT2D eigenvalue weighted by Gasteiger charge is -2.28. The largest absolute Gasteiger partial charge is 0.492 e. The van der Waals surface area contributed by atoms with E-state index < -0.39 is 51.4 Å². The van der Waals surface area contributed by atoms with Crippen molar-refractivity contribution in [3.63, 3.8) is 0 Å². The van der Waals surface area contributed by atoms with Gasteiger partial charge in [0.05, 0.1) is 17.8 Å². The number of nitrogens with zero attached hydrogens (tertiary/aromatic N) is 4. The molecule has 0 bridgehead atoms. The van der Waals surface area contributed by atoms with Gasteiger partial charge in [-0.15, -0.1) is 0 Å². The molecule has 0 radical (unpaired) electrons. The first-order valence-corrected chi connectivity index (χ1v) is 31.5. The van der Waals surface area contributed by atoms with Crippen LogP contribution in [-0.4, -0.2) is 142 Å². The summed E-state index contributed by atoms with van der Waals surface area (Å²) < 4.78 is 41.8. The number of hydrogen-bond acceptors (Lipinski definition) is 14. The van der Waals surface area contributed by atoms with Crippen LogP contribution in [0.2, 0.25) is 0 Å². The van der Waals surface area contributed by atoms with E-state index in [0.29, 0.717) is 110 Å². The van der Waals surface area contributed by atoms with E-state index in [0.717, 1.165) is 27.8 Å². The van der Waals surface area contributed by atoms with Crippen LogP contribution in [-0.2, 0) is 75.2 Å². The van der Waals surface area contributed by atoms with Gasteiger partial charge in [-0.25, -0.2) is 14.4 Å². The predicted octanol–water partition coefficient (Wildman–Crippen LogP) is 13.0. The summed E-state index contributed by atoms with van der Waals surface area (Å²) in [4.78, 5) is 89.2. The van der Waals surface area contributed by atoms with Gasteiger partial charge in [-0.3, -0.25) is 19.3 Å². The van der Waals surface area contributed by atoms with Gasteiger partial charge in [0, 0.05) is 58.9 Å². The monoisotopic (exact) mass is 1210 g/mol. The number of carbonyl (C=O) groups excluding carboxylic acids is 6. The number of rotatable bonds is 20. The Hall–Kier alpha value is -6.36. The fourth-order valence-corrected chi connectivity index (χ4v) is 11.5. The van der Waals surface area contributed by atoms with Crippen LogP contribution in [0.4, 0.5) is 14.4 Å². The minimum atomic E-state index is -0.705. The second kappa shape index (κ2) is 28.9.